The molecule has 2 aromatic carbocycles. The molecular weight excluding hydrogens is 648 g/mol. The number of nitrogens with zero attached hydrogens (tertiary/aromatic N) is 1. The maximum Gasteiger partial charge on any atom is 0.407 e. The Bertz CT molecular complexity index is 1480. The van der Waals surface area contributed by atoms with Crippen molar-refractivity contribution in [2.24, 2.45) is 23.7 Å². The molecule has 1 aliphatic heterocycles. The first-order valence-corrected chi connectivity index (χ1v) is 18.3. The van der Waals surface area contributed by atoms with Crippen molar-refractivity contribution in [1.29, 1.82) is 0 Å². The van der Waals surface area contributed by atoms with Crippen LogP contribution in [0, 0.1) is 23.7 Å². The van der Waals surface area contributed by atoms with Gasteiger partial charge < -0.3 is 30.7 Å². The van der Waals surface area contributed by atoms with Gasteiger partial charge >= 0.3 is 12.1 Å². The van der Waals surface area contributed by atoms with Gasteiger partial charge in [-0.25, -0.2) is 9.59 Å². The van der Waals surface area contributed by atoms with E-state index in [0.29, 0.717) is 37.6 Å². The second-order valence-electron chi connectivity index (χ2n) is 14.3. The van der Waals surface area contributed by atoms with Gasteiger partial charge in [-0.1, -0.05) is 93.6 Å². The zero-order valence-corrected chi connectivity index (χ0v) is 30.1. The van der Waals surface area contributed by atoms with E-state index in [2.05, 4.69) is 42.8 Å². The normalized spacial score (nSPS) is 18.1. The van der Waals surface area contributed by atoms with E-state index in [9.17, 15) is 29.1 Å². The Morgan fingerprint density at radius 1 is 0.902 bits per heavy atom. The lowest BCUT2D eigenvalue weighted by Gasteiger charge is -2.29. The Labute approximate surface area is 301 Å². The van der Waals surface area contributed by atoms with E-state index in [4.69, 9.17) is 4.74 Å². The molecule has 2 aliphatic rings. The van der Waals surface area contributed by atoms with Crippen LogP contribution in [0.25, 0.3) is 0 Å². The van der Waals surface area contributed by atoms with Crippen LogP contribution in [-0.2, 0) is 36.9 Å². The third kappa shape index (κ3) is 12.9. The van der Waals surface area contributed by atoms with Crippen LogP contribution in [0.1, 0.15) is 76.8 Å². The first kappa shape index (κ1) is 39.1. The van der Waals surface area contributed by atoms with Crippen LogP contribution in [0.5, 0.6) is 0 Å². The number of carbonyl (C=O) groups is 5. The molecule has 11 heteroatoms. The maximum absolute atomic E-state index is 14.1. The molecule has 1 aliphatic carbocycles. The smallest absolute Gasteiger partial charge is 0.407 e. The molecule has 51 heavy (non-hydrogen) atoms. The maximum atomic E-state index is 14.1. The third-order valence-electron chi connectivity index (χ3n) is 9.41. The van der Waals surface area contributed by atoms with Crippen LogP contribution in [0.15, 0.2) is 72.8 Å². The third-order valence-corrected chi connectivity index (χ3v) is 9.41. The molecule has 2 fully saturated rings. The summed E-state index contributed by atoms with van der Waals surface area (Å²) >= 11 is 0. The fourth-order valence-corrected chi connectivity index (χ4v) is 6.63. The standard InChI is InChI=1S/C40H54N4O7/c1-27(2)24-28(3)18-19-32(25-29-12-6-4-7-13-29)38(47)44-23-11-17-34(44)36(45)43-35(31-20-21-31)37(46)42-33(39(48)49)16-10-22-41-40(50)51-26-30-14-8-5-9-15-30/h4-9,12-15,18-19,27-28,31-35H,10-11,16-17,20-26H2,1-3H3,(H,41,50)(H,42,46)(H,43,45)(H,48,49)/b19-18+/t28-,32-,33+,34+,35+/m1/s1. The molecule has 11 nitrogen and oxygen atoms in total. The van der Waals surface area contributed by atoms with Gasteiger partial charge in [0.25, 0.3) is 0 Å². The number of carbonyl (C=O) groups excluding carboxylic acids is 4. The minimum absolute atomic E-state index is 0.0718. The second kappa shape index (κ2) is 19.7. The second-order valence-corrected chi connectivity index (χ2v) is 14.3. The van der Waals surface area contributed by atoms with Crippen molar-refractivity contribution in [2.45, 2.75) is 96.9 Å². The fourth-order valence-electron chi connectivity index (χ4n) is 6.63. The Kier molecular flexibility index (Phi) is 15.1. The molecule has 4 rings (SSSR count). The average Bonchev–Trinajstić information content (AvgIpc) is 3.83. The summed E-state index contributed by atoms with van der Waals surface area (Å²) in [5, 5.41) is 17.9. The Morgan fingerprint density at radius 3 is 2.20 bits per heavy atom. The van der Waals surface area contributed by atoms with E-state index in [0.717, 1.165) is 30.4 Å². The van der Waals surface area contributed by atoms with Gasteiger partial charge in [0.15, 0.2) is 0 Å². The number of aliphatic carboxylic acids is 1. The molecule has 0 aromatic heterocycles. The van der Waals surface area contributed by atoms with Crippen LogP contribution in [0.4, 0.5) is 4.79 Å². The summed E-state index contributed by atoms with van der Waals surface area (Å²) in [6, 6.07) is 16.3. The number of carboxylic acid groups (broad SMARTS) is 1. The van der Waals surface area contributed by atoms with Crippen LogP contribution in [-0.4, -0.2) is 71.0 Å². The molecule has 1 saturated carbocycles. The summed E-state index contributed by atoms with van der Waals surface area (Å²) in [5.74, 6) is -1.98. The molecule has 4 N–H and O–H groups in total. The van der Waals surface area contributed by atoms with Gasteiger partial charge in [0.1, 0.15) is 24.7 Å². The van der Waals surface area contributed by atoms with Gasteiger partial charge in [-0.2, -0.15) is 0 Å². The molecule has 1 heterocycles. The van der Waals surface area contributed by atoms with Crippen molar-refractivity contribution in [2.75, 3.05) is 13.1 Å². The molecular formula is C40H54N4O7. The van der Waals surface area contributed by atoms with E-state index >= 15 is 0 Å². The monoisotopic (exact) mass is 702 g/mol. The van der Waals surface area contributed by atoms with E-state index in [1.54, 1.807) is 4.90 Å². The lowest BCUT2D eigenvalue weighted by Crippen LogP contribution is -2.56. The first-order chi connectivity index (χ1) is 24.5. The number of hydrogen-bond acceptors (Lipinski definition) is 6. The van der Waals surface area contributed by atoms with Gasteiger partial charge in [0.05, 0.1) is 5.92 Å². The van der Waals surface area contributed by atoms with Crippen molar-refractivity contribution in [3.63, 3.8) is 0 Å². The zero-order valence-electron chi connectivity index (χ0n) is 30.1. The summed E-state index contributed by atoms with van der Waals surface area (Å²) in [7, 11) is 0. The number of alkyl carbamates (subject to hydrolysis) is 1. The number of benzene rings is 2. The Morgan fingerprint density at radius 2 is 1.57 bits per heavy atom. The largest absolute Gasteiger partial charge is 0.480 e. The van der Waals surface area contributed by atoms with E-state index in [1.165, 1.54) is 0 Å². The van der Waals surface area contributed by atoms with Crippen LogP contribution in [0.3, 0.4) is 0 Å². The quantitative estimate of drug-likeness (QED) is 0.115. The number of amides is 4. The van der Waals surface area contributed by atoms with Crippen molar-refractivity contribution in [1.82, 2.24) is 20.9 Å². The minimum atomic E-state index is -1.20. The highest BCUT2D eigenvalue weighted by atomic mass is 16.5. The van der Waals surface area contributed by atoms with Gasteiger partial charge in [0.2, 0.25) is 17.7 Å². The van der Waals surface area contributed by atoms with Crippen LogP contribution >= 0.6 is 0 Å². The van der Waals surface area contributed by atoms with Gasteiger partial charge in [0, 0.05) is 13.1 Å². The topological polar surface area (TPSA) is 154 Å². The highest BCUT2D eigenvalue weighted by molar-refractivity contribution is 5.94. The molecule has 0 radical (unpaired) electrons. The van der Waals surface area contributed by atoms with Crippen molar-refractivity contribution in [3.05, 3.63) is 83.9 Å². The number of carboxylic acids is 1. The lowest BCUT2D eigenvalue weighted by molar-refractivity contribution is -0.143. The molecule has 0 unspecified atom stereocenters. The van der Waals surface area contributed by atoms with E-state index in [-0.39, 0.29) is 37.8 Å². The predicted octanol–water partition coefficient (Wildman–Crippen LogP) is 5.25. The Balaban J connectivity index is 1.33. The summed E-state index contributed by atoms with van der Waals surface area (Å²) < 4.78 is 5.18. The highest BCUT2D eigenvalue weighted by Crippen LogP contribution is 2.33. The number of likely N-dealkylation sites (tertiary alicyclic amines) is 1. The van der Waals surface area contributed by atoms with Gasteiger partial charge in [-0.15, -0.1) is 0 Å². The molecule has 276 valence electrons. The van der Waals surface area contributed by atoms with E-state index in [1.807, 2.05) is 66.7 Å². The fraction of sp³-hybridized carbons (Fsp3) is 0.525. The number of hydrogen-bond donors (Lipinski definition) is 4. The molecule has 0 bridgehead atoms. The van der Waals surface area contributed by atoms with Gasteiger partial charge in [-0.3, -0.25) is 14.4 Å². The van der Waals surface area contributed by atoms with Crippen molar-refractivity contribution in [3.8, 4) is 0 Å². The van der Waals surface area contributed by atoms with Crippen molar-refractivity contribution < 1.29 is 33.8 Å². The average molecular weight is 703 g/mol. The Hall–Kier alpha value is -4.67. The number of rotatable bonds is 19. The molecule has 1 saturated heterocycles. The first-order valence-electron chi connectivity index (χ1n) is 18.3. The number of nitrogens with one attached hydrogen (secondary N) is 3. The van der Waals surface area contributed by atoms with Crippen molar-refractivity contribution >= 4 is 29.8 Å². The minimum Gasteiger partial charge on any atom is -0.480 e. The lowest BCUT2D eigenvalue weighted by atomic mass is 9.93. The molecule has 4 amide bonds. The number of ether oxygens (including phenoxy) is 1. The number of allylic oxidation sites excluding steroid dienone is 1. The highest BCUT2D eigenvalue weighted by Gasteiger charge is 2.42. The summed E-state index contributed by atoms with van der Waals surface area (Å²) in [4.78, 5) is 67.0. The van der Waals surface area contributed by atoms with E-state index < -0.39 is 47.9 Å². The molecule has 2 aromatic rings. The predicted molar refractivity (Wildman–Crippen MR) is 194 cm³/mol. The SMILES string of the molecule is CC(C)C[C@H](C)/C=C/[C@H](Cc1ccccc1)C(=O)N1CCC[C@H]1C(=O)N[C@H](C(=O)N[C@@H](CCCNC(=O)OCc1ccccc1)C(=O)O)C1CC1. The summed E-state index contributed by atoms with van der Waals surface area (Å²) in [5.41, 5.74) is 1.88. The van der Waals surface area contributed by atoms with Crippen LogP contribution in [0.2, 0.25) is 0 Å². The van der Waals surface area contributed by atoms with Crippen LogP contribution < -0.4 is 16.0 Å². The summed E-state index contributed by atoms with van der Waals surface area (Å²) in [6.07, 6.45) is 7.99. The molecule has 0 spiro atoms. The summed E-state index contributed by atoms with van der Waals surface area (Å²) in [6.45, 7) is 7.23. The zero-order chi connectivity index (χ0) is 36.8. The molecule has 5 atom stereocenters. The van der Waals surface area contributed by atoms with Gasteiger partial charge in [-0.05, 0) is 80.2 Å².